The molecule has 0 radical (unpaired) electrons. The SMILES string of the molecule is COCc1c(Br)cccc1NCc1cc(F)cc(Br)c1. The van der Waals surface area contributed by atoms with Gasteiger partial charge in [-0.05, 0) is 35.9 Å². The molecule has 0 bridgehead atoms. The summed E-state index contributed by atoms with van der Waals surface area (Å²) >= 11 is 6.80. The van der Waals surface area contributed by atoms with Crippen LogP contribution in [0.15, 0.2) is 45.3 Å². The van der Waals surface area contributed by atoms with Crippen LogP contribution in [0.1, 0.15) is 11.1 Å². The standard InChI is InChI=1S/C15H14Br2FNO/c1-20-9-13-14(17)3-2-4-15(13)19-8-10-5-11(16)7-12(18)6-10/h2-7,19H,8-9H2,1H3. The van der Waals surface area contributed by atoms with Crippen LogP contribution in [0, 0.1) is 5.82 Å². The van der Waals surface area contributed by atoms with E-state index in [1.54, 1.807) is 7.11 Å². The Morgan fingerprint density at radius 2 is 2.00 bits per heavy atom. The Morgan fingerprint density at radius 1 is 1.20 bits per heavy atom. The summed E-state index contributed by atoms with van der Waals surface area (Å²) in [6.07, 6.45) is 0. The van der Waals surface area contributed by atoms with Crippen LogP contribution in [-0.2, 0) is 17.9 Å². The van der Waals surface area contributed by atoms with Gasteiger partial charge in [-0.2, -0.15) is 0 Å². The van der Waals surface area contributed by atoms with Crippen LogP contribution in [0.5, 0.6) is 0 Å². The first kappa shape index (κ1) is 15.5. The Kier molecular flexibility index (Phi) is 5.57. The molecule has 0 aliphatic heterocycles. The maximum Gasteiger partial charge on any atom is 0.124 e. The number of rotatable bonds is 5. The van der Waals surface area contributed by atoms with Gasteiger partial charge < -0.3 is 10.1 Å². The lowest BCUT2D eigenvalue weighted by atomic mass is 10.1. The molecule has 0 aromatic heterocycles. The maximum absolute atomic E-state index is 13.3. The highest BCUT2D eigenvalue weighted by Gasteiger charge is 2.07. The number of methoxy groups -OCH3 is 1. The van der Waals surface area contributed by atoms with E-state index in [2.05, 4.69) is 37.2 Å². The third-order valence-electron chi connectivity index (χ3n) is 2.81. The number of anilines is 1. The monoisotopic (exact) mass is 401 g/mol. The Balaban J connectivity index is 2.16. The number of ether oxygens (including phenoxy) is 1. The first-order chi connectivity index (χ1) is 9.60. The summed E-state index contributed by atoms with van der Waals surface area (Å²) in [7, 11) is 1.66. The van der Waals surface area contributed by atoms with Crippen LogP contribution in [0.4, 0.5) is 10.1 Å². The number of benzene rings is 2. The summed E-state index contributed by atoms with van der Waals surface area (Å²) < 4.78 is 20.3. The lowest BCUT2D eigenvalue weighted by Crippen LogP contribution is -2.04. The zero-order valence-corrected chi connectivity index (χ0v) is 14.1. The van der Waals surface area contributed by atoms with Crippen molar-refractivity contribution in [1.82, 2.24) is 0 Å². The first-order valence-corrected chi connectivity index (χ1v) is 7.64. The van der Waals surface area contributed by atoms with Crippen LogP contribution in [0.3, 0.4) is 0 Å². The molecule has 20 heavy (non-hydrogen) atoms. The van der Waals surface area contributed by atoms with Gasteiger partial charge in [0.25, 0.3) is 0 Å². The van der Waals surface area contributed by atoms with E-state index in [1.165, 1.54) is 12.1 Å². The average molecular weight is 403 g/mol. The van der Waals surface area contributed by atoms with Crippen LogP contribution in [0.25, 0.3) is 0 Å². The molecule has 0 spiro atoms. The van der Waals surface area contributed by atoms with E-state index in [4.69, 9.17) is 4.74 Å². The molecule has 2 rings (SSSR count). The fourth-order valence-electron chi connectivity index (χ4n) is 1.93. The quantitative estimate of drug-likeness (QED) is 0.750. The van der Waals surface area contributed by atoms with Crippen LogP contribution >= 0.6 is 31.9 Å². The predicted octanol–water partition coefficient (Wildman–Crippen LogP) is 5.11. The van der Waals surface area contributed by atoms with Crippen molar-refractivity contribution in [3.05, 3.63) is 62.3 Å². The molecule has 0 amide bonds. The van der Waals surface area contributed by atoms with Gasteiger partial charge in [-0.25, -0.2) is 4.39 Å². The summed E-state index contributed by atoms with van der Waals surface area (Å²) in [6, 6.07) is 10.8. The van der Waals surface area contributed by atoms with E-state index in [-0.39, 0.29) is 5.82 Å². The van der Waals surface area contributed by atoms with Crippen molar-refractivity contribution in [2.45, 2.75) is 13.2 Å². The molecule has 0 saturated heterocycles. The molecule has 0 heterocycles. The topological polar surface area (TPSA) is 21.3 Å². The predicted molar refractivity (Wildman–Crippen MR) is 86.3 cm³/mol. The Labute approximate surface area is 134 Å². The second-order valence-electron chi connectivity index (χ2n) is 4.33. The zero-order chi connectivity index (χ0) is 14.5. The van der Waals surface area contributed by atoms with Gasteiger partial charge in [-0.15, -0.1) is 0 Å². The minimum Gasteiger partial charge on any atom is -0.381 e. The fraction of sp³-hybridized carbons (Fsp3) is 0.200. The molecular weight excluding hydrogens is 389 g/mol. The van der Waals surface area contributed by atoms with Crippen molar-refractivity contribution in [1.29, 1.82) is 0 Å². The van der Waals surface area contributed by atoms with Crippen molar-refractivity contribution in [3.8, 4) is 0 Å². The number of hydrogen-bond donors (Lipinski definition) is 1. The van der Waals surface area contributed by atoms with Crippen molar-refractivity contribution < 1.29 is 9.13 Å². The first-order valence-electron chi connectivity index (χ1n) is 6.05. The number of hydrogen-bond acceptors (Lipinski definition) is 2. The van der Waals surface area contributed by atoms with E-state index in [9.17, 15) is 4.39 Å². The van der Waals surface area contributed by atoms with Crippen molar-refractivity contribution in [2.24, 2.45) is 0 Å². The lowest BCUT2D eigenvalue weighted by molar-refractivity contribution is 0.185. The minimum absolute atomic E-state index is 0.248. The van der Waals surface area contributed by atoms with Gasteiger partial charge in [0.15, 0.2) is 0 Å². The lowest BCUT2D eigenvalue weighted by Gasteiger charge is -2.13. The molecule has 2 aromatic rings. The second kappa shape index (κ2) is 7.20. The maximum atomic E-state index is 13.3. The molecule has 2 nitrogen and oxygen atoms in total. The highest BCUT2D eigenvalue weighted by Crippen LogP contribution is 2.26. The summed E-state index contributed by atoms with van der Waals surface area (Å²) in [5, 5.41) is 3.31. The summed E-state index contributed by atoms with van der Waals surface area (Å²) in [4.78, 5) is 0. The zero-order valence-electron chi connectivity index (χ0n) is 10.9. The summed E-state index contributed by atoms with van der Waals surface area (Å²) in [6.45, 7) is 1.06. The van der Waals surface area contributed by atoms with Crippen LogP contribution in [-0.4, -0.2) is 7.11 Å². The van der Waals surface area contributed by atoms with E-state index in [0.717, 1.165) is 25.8 Å². The van der Waals surface area contributed by atoms with Crippen molar-refractivity contribution in [3.63, 3.8) is 0 Å². The molecule has 0 aliphatic rings. The van der Waals surface area contributed by atoms with Gasteiger partial charge in [-0.3, -0.25) is 0 Å². The van der Waals surface area contributed by atoms with E-state index < -0.39 is 0 Å². The highest BCUT2D eigenvalue weighted by atomic mass is 79.9. The Morgan fingerprint density at radius 3 is 2.70 bits per heavy atom. The van der Waals surface area contributed by atoms with Crippen molar-refractivity contribution in [2.75, 3.05) is 12.4 Å². The fourth-order valence-corrected chi connectivity index (χ4v) is 2.92. The molecule has 0 atom stereocenters. The molecule has 0 aliphatic carbocycles. The number of nitrogens with one attached hydrogen (secondary N) is 1. The van der Waals surface area contributed by atoms with E-state index in [0.29, 0.717) is 13.2 Å². The molecule has 1 N–H and O–H groups in total. The van der Waals surface area contributed by atoms with E-state index >= 15 is 0 Å². The Bertz CT molecular complexity index is 584. The largest absolute Gasteiger partial charge is 0.381 e. The third kappa shape index (κ3) is 4.04. The van der Waals surface area contributed by atoms with Gasteiger partial charge in [0.1, 0.15) is 5.82 Å². The smallest absolute Gasteiger partial charge is 0.124 e. The Hall–Kier alpha value is -0.910. The summed E-state index contributed by atoms with van der Waals surface area (Å²) in [5.41, 5.74) is 2.90. The minimum atomic E-state index is -0.248. The van der Waals surface area contributed by atoms with Crippen molar-refractivity contribution >= 4 is 37.5 Å². The third-order valence-corrected chi connectivity index (χ3v) is 4.01. The number of halogens is 3. The van der Waals surface area contributed by atoms with Crippen LogP contribution in [0.2, 0.25) is 0 Å². The highest BCUT2D eigenvalue weighted by molar-refractivity contribution is 9.10. The second-order valence-corrected chi connectivity index (χ2v) is 6.10. The average Bonchev–Trinajstić information content (AvgIpc) is 2.38. The molecule has 5 heteroatoms. The van der Waals surface area contributed by atoms with Gasteiger partial charge in [-0.1, -0.05) is 37.9 Å². The van der Waals surface area contributed by atoms with Crippen LogP contribution < -0.4 is 5.32 Å². The summed E-state index contributed by atoms with van der Waals surface area (Å²) in [5.74, 6) is -0.248. The molecule has 0 fully saturated rings. The normalized spacial score (nSPS) is 10.6. The van der Waals surface area contributed by atoms with E-state index in [1.807, 2.05) is 24.3 Å². The van der Waals surface area contributed by atoms with Gasteiger partial charge >= 0.3 is 0 Å². The van der Waals surface area contributed by atoms with Gasteiger partial charge in [0.2, 0.25) is 0 Å². The van der Waals surface area contributed by atoms with Gasteiger partial charge in [0.05, 0.1) is 6.61 Å². The molecule has 0 unspecified atom stereocenters. The van der Waals surface area contributed by atoms with Gasteiger partial charge in [0, 0.05) is 33.9 Å². The molecule has 106 valence electrons. The molecular formula is C15H14Br2FNO. The molecule has 0 saturated carbocycles. The molecule has 2 aromatic carbocycles.